The molecule has 1 fully saturated rings. The van der Waals surface area contributed by atoms with Gasteiger partial charge in [0.25, 0.3) is 0 Å². The molecule has 1 aliphatic rings. The number of rotatable bonds is 7. The third-order valence-electron chi connectivity index (χ3n) is 3.55. The summed E-state index contributed by atoms with van der Waals surface area (Å²) in [5, 5.41) is 8.30. The number of hydrogen-bond acceptors (Lipinski definition) is 4. The van der Waals surface area contributed by atoms with Crippen molar-refractivity contribution in [2.24, 2.45) is 5.92 Å². The van der Waals surface area contributed by atoms with E-state index in [2.05, 4.69) is 4.90 Å². The predicted octanol–water partition coefficient (Wildman–Crippen LogP) is 0.996. The minimum absolute atomic E-state index is 0.205. The van der Waals surface area contributed by atoms with Crippen LogP contribution < -0.4 is 0 Å². The molecule has 0 aromatic heterocycles. The van der Waals surface area contributed by atoms with Crippen molar-refractivity contribution >= 4 is 15.8 Å². The first-order valence-electron chi connectivity index (χ1n) is 6.47. The van der Waals surface area contributed by atoms with E-state index in [1.165, 1.54) is 0 Å². The maximum Gasteiger partial charge on any atom is 0.303 e. The second kappa shape index (κ2) is 6.52. The largest absolute Gasteiger partial charge is 0.481 e. The van der Waals surface area contributed by atoms with Crippen LogP contribution in [0.5, 0.6) is 0 Å². The number of hydrogen-bond donors (Lipinski definition) is 1. The molecule has 1 unspecified atom stereocenters. The van der Waals surface area contributed by atoms with Crippen LogP contribution in [0, 0.1) is 5.92 Å². The molecule has 106 valence electrons. The highest BCUT2D eigenvalue weighted by Crippen LogP contribution is 2.20. The molecule has 18 heavy (non-hydrogen) atoms. The molecule has 1 atom stereocenters. The molecule has 1 rings (SSSR count). The van der Waals surface area contributed by atoms with Crippen LogP contribution >= 0.6 is 0 Å². The van der Waals surface area contributed by atoms with E-state index < -0.39 is 15.8 Å². The van der Waals surface area contributed by atoms with Crippen molar-refractivity contribution in [3.63, 3.8) is 0 Å². The molecule has 0 radical (unpaired) electrons. The van der Waals surface area contributed by atoms with Crippen molar-refractivity contribution in [2.75, 3.05) is 25.4 Å². The van der Waals surface area contributed by atoms with Crippen molar-refractivity contribution in [1.29, 1.82) is 0 Å². The Kier molecular flexibility index (Phi) is 5.59. The van der Waals surface area contributed by atoms with Crippen LogP contribution in [0.25, 0.3) is 0 Å². The van der Waals surface area contributed by atoms with E-state index in [-0.39, 0.29) is 17.4 Å². The van der Waals surface area contributed by atoms with Gasteiger partial charge in [0, 0.05) is 19.5 Å². The van der Waals surface area contributed by atoms with Crippen molar-refractivity contribution in [1.82, 2.24) is 4.90 Å². The molecule has 0 aromatic carbocycles. The van der Waals surface area contributed by atoms with Gasteiger partial charge in [-0.05, 0) is 39.2 Å². The van der Waals surface area contributed by atoms with Crippen LogP contribution in [-0.2, 0) is 14.6 Å². The fourth-order valence-electron chi connectivity index (χ4n) is 2.17. The Hall–Kier alpha value is -0.620. The molecular formula is C12H23NO4S. The van der Waals surface area contributed by atoms with Gasteiger partial charge < -0.3 is 10.0 Å². The smallest absolute Gasteiger partial charge is 0.303 e. The zero-order chi connectivity index (χ0) is 13.8. The average molecular weight is 277 g/mol. The van der Waals surface area contributed by atoms with Gasteiger partial charge in [-0.3, -0.25) is 4.79 Å². The van der Waals surface area contributed by atoms with Crippen molar-refractivity contribution in [3.8, 4) is 0 Å². The Balaban J connectivity index is 2.29. The fraction of sp³-hybridized carbons (Fsp3) is 0.917. The third kappa shape index (κ3) is 4.94. The van der Waals surface area contributed by atoms with E-state index in [9.17, 15) is 13.2 Å². The van der Waals surface area contributed by atoms with Crippen LogP contribution in [0.4, 0.5) is 0 Å². The summed E-state index contributed by atoms with van der Waals surface area (Å²) < 4.78 is 23.4. The van der Waals surface area contributed by atoms with Gasteiger partial charge in [-0.15, -0.1) is 0 Å². The van der Waals surface area contributed by atoms with Crippen molar-refractivity contribution in [2.45, 2.75) is 38.4 Å². The maximum atomic E-state index is 11.7. The summed E-state index contributed by atoms with van der Waals surface area (Å²) in [6, 6.07) is 0. The summed E-state index contributed by atoms with van der Waals surface area (Å²) in [5.74, 6) is -0.144. The van der Waals surface area contributed by atoms with Gasteiger partial charge in [0.1, 0.15) is 0 Å². The normalized spacial score (nSPS) is 21.6. The zero-order valence-corrected chi connectivity index (χ0v) is 11.9. The molecule has 1 aliphatic heterocycles. The molecule has 0 aliphatic carbocycles. The Morgan fingerprint density at radius 1 is 1.44 bits per heavy atom. The highest BCUT2D eigenvalue weighted by atomic mass is 32.2. The summed E-state index contributed by atoms with van der Waals surface area (Å²) in [6.45, 7) is 5.70. The first kappa shape index (κ1) is 15.4. The number of nitrogens with zero attached hydrogens (tertiary/aromatic N) is 1. The van der Waals surface area contributed by atoms with Gasteiger partial charge in [-0.25, -0.2) is 8.42 Å². The first-order valence-corrected chi connectivity index (χ1v) is 8.18. The molecule has 0 amide bonds. The number of likely N-dealkylation sites (tertiary alicyclic amines) is 1. The molecule has 0 aromatic rings. The van der Waals surface area contributed by atoms with E-state index in [1.807, 2.05) is 0 Å². The summed E-state index contributed by atoms with van der Waals surface area (Å²) in [5.41, 5.74) is 0. The molecule has 5 nitrogen and oxygen atoms in total. The summed E-state index contributed by atoms with van der Waals surface area (Å²) in [6.07, 6.45) is 1.89. The number of aliphatic carboxylic acids is 1. The van der Waals surface area contributed by atoms with Gasteiger partial charge in [0.2, 0.25) is 0 Å². The van der Waals surface area contributed by atoms with Crippen LogP contribution in [0.1, 0.15) is 33.1 Å². The van der Waals surface area contributed by atoms with Gasteiger partial charge in [-0.1, -0.05) is 0 Å². The standard InChI is InChI=1S/C12H23NO4S/c1-10(2)18(16,17)8-7-13-6-5-11(9-13)3-4-12(14)15/h10-11H,3-9H2,1-2H3,(H,14,15). The lowest BCUT2D eigenvalue weighted by molar-refractivity contribution is -0.137. The lowest BCUT2D eigenvalue weighted by atomic mass is 10.0. The molecule has 1 N–H and O–H groups in total. The lowest BCUT2D eigenvalue weighted by Crippen LogP contribution is -2.30. The average Bonchev–Trinajstić information content (AvgIpc) is 2.71. The van der Waals surface area contributed by atoms with E-state index in [0.29, 0.717) is 18.9 Å². The molecule has 0 spiro atoms. The van der Waals surface area contributed by atoms with Crippen molar-refractivity contribution < 1.29 is 18.3 Å². The Labute approximate surface area is 109 Å². The fourth-order valence-corrected chi connectivity index (χ4v) is 3.16. The maximum absolute atomic E-state index is 11.7. The number of sulfone groups is 1. The SMILES string of the molecule is CC(C)S(=O)(=O)CCN1CCC(CCC(=O)O)C1. The van der Waals surface area contributed by atoms with Crippen LogP contribution in [0.15, 0.2) is 0 Å². The molecule has 1 saturated heterocycles. The number of carboxylic acid groups (broad SMARTS) is 1. The van der Waals surface area contributed by atoms with Gasteiger partial charge in [-0.2, -0.15) is 0 Å². The second-order valence-electron chi connectivity index (χ2n) is 5.30. The third-order valence-corrected chi connectivity index (χ3v) is 5.73. The van der Waals surface area contributed by atoms with E-state index >= 15 is 0 Å². The van der Waals surface area contributed by atoms with Gasteiger partial charge in [0.05, 0.1) is 11.0 Å². The highest BCUT2D eigenvalue weighted by Gasteiger charge is 2.25. The molecule has 0 saturated carbocycles. The quantitative estimate of drug-likeness (QED) is 0.751. The van der Waals surface area contributed by atoms with Crippen LogP contribution in [0.3, 0.4) is 0 Å². The minimum Gasteiger partial charge on any atom is -0.481 e. The number of carboxylic acids is 1. The van der Waals surface area contributed by atoms with Crippen LogP contribution in [-0.4, -0.2) is 55.0 Å². The van der Waals surface area contributed by atoms with Gasteiger partial charge >= 0.3 is 5.97 Å². The topological polar surface area (TPSA) is 74.7 Å². The Morgan fingerprint density at radius 3 is 2.67 bits per heavy atom. The minimum atomic E-state index is -2.96. The Bertz CT molecular complexity index is 378. The molecule has 0 bridgehead atoms. The number of carbonyl (C=O) groups is 1. The highest BCUT2D eigenvalue weighted by molar-refractivity contribution is 7.92. The van der Waals surface area contributed by atoms with E-state index in [1.54, 1.807) is 13.8 Å². The van der Waals surface area contributed by atoms with E-state index in [4.69, 9.17) is 5.11 Å². The molecule has 6 heteroatoms. The predicted molar refractivity (Wildman–Crippen MR) is 70.3 cm³/mol. The molecule has 1 heterocycles. The Morgan fingerprint density at radius 2 is 2.11 bits per heavy atom. The lowest BCUT2D eigenvalue weighted by Gasteiger charge is -2.16. The summed E-state index contributed by atoms with van der Waals surface area (Å²) in [7, 11) is -2.96. The zero-order valence-electron chi connectivity index (χ0n) is 11.1. The van der Waals surface area contributed by atoms with Crippen LogP contribution in [0.2, 0.25) is 0 Å². The van der Waals surface area contributed by atoms with E-state index in [0.717, 1.165) is 19.5 Å². The van der Waals surface area contributed by atoms with Gasteiger partial charge in [0.15, 0.2) is 9.84 Å². The summed E-state index contributed by atoms with van der Waals surface area (Å²) >= 11 is 0. The van der Waals surface area contributed by atoms with Crippen molar-refractivity contribution in [3.05, 3.63) is 0 Å². The monoisotopic (exact) mass is 277 g/mol. The second-order valence-corrected chi connectivity index (χ2v) is 7.98. The first-order chi connectivity index (χ1) is 8.31. The summed E-state index contributed by atoms with van der Waals surface area (Å²) in [4.78, 5) is 12.6. The molecular weight excluding hydrogens is 254 g/mol.